The first kappa shape index (κ1) is 21.5. The summed E-state index contributed by atoms with van der Waals surface area (Å²) in [7, 11) is -3.84. The van der Waals surface area contributed by atoms with Crippen LogP contribution in [0.3, 0.4) is 0 Å². The Morgan fingerprint density at radius 2 is 2.00 bits per heavy atom. The number of amides is 1. The molecule has 4 rings (SSSR count). The van der Waals surface area contributed by atoms with Crippen molar-refractivity contribution in [2.24, 2.45) is 0 Å². The van der Waals surface area contributed by atoms with E-state index >= 15 is 0 Å². The van der Waals surface area contributed by atoms with Crippen molar-refractivity contribution in [2.75, 3.05) is 11.9 Å². The summed E-state index contributed by atoms with van der Waals surface area (Å²) in [5, 5.41) is 10.9. The molecule has 1 amide bonds. The zero-order chi connectivity index (χ0) is 21.5. The van der Waals surface area contributed by atoms with Gasteiger partial charge in [0.05, 0.1) is 14.9 Å². The summed E-state index contributed by atoms with van der Waals surface area (Å²) in [6.45, 7) is 0.225. The molecule has 30 heavy (non-hydrogen) atoms. The largest absolute Gasteiger partial charge is 0.403 e. The Bertz CT molecular complexity index is 1210. The number of benzene rings is 1. The molecule has 158 valence electrons. The van der Waals surface area contributed by atoms with Gasteiger partial charge < -0.3 is 4.42 Å². The minimum absolute atomic E-state index is 0.0712. The molecule has 1 aliphatic heterocycles. The number of hydrogen-bond donors (Lipinski definition) is 1. The van der Waals surface area contributed by atoms with Gasteiger partial charge in [-0.2, -0.15) is 4.31 Å². The van der Waals surface area contributed by atoms with Gasteiger partial charge in [0, 0.05) is 11.6 Å². The number of halogens is 3. The fourth-order valence-corrected chi connectivity index (χ4v) is 6.71. The Morgan fingerprint density at radius 3 is 2.73 bits per heavy atom. The van der Waals surface area contributed by atoms with Crippen LogP contribution in [0.15, 0.2) is 39.0 Å². The van der Waals surface area contributed by atoms with E-state index in [0.29, 0.717) is 32.8 Å². The lowest BCUT2D eigenvalue weighted by Crippen LogP contribution is -2.42. The molecule has 0 radical (unpaired) electrons. The Labute approximate surface area is 190 Å². The number of nitrogens with one attached hydrogen (secondary N) is 1. The molecule has 13 heteroatoms. The number of carbonyl (C=O) groups excluding carboxylic acids is 1. The van der Waals surface area contributed by atoms with Gasteiger partial charge >= 0.3 is 6.01 Å². The summed E-state index contributed by atoms with van der Waals surface area (Å²) in [6.07, 6.45) is 0.912. The fraction of sp³-hybridized carbons (Fsp3) is 0.235. The van der Waals surface area contributed by atoms with Crippen molar-refractivity contribution < 1.29 is 17.6 Å². The van der Waals surface area contributed by atoms with E-state index in [9.17, 15) is 13.2 Å². The Kier molecular flexibility index (Phi) is 6.06. The van der Waals surface area contributed by atoms with Crippen LogP contribution in [0.2, 0.25) is 14.4 Å². The molecule has 0 saturated carbocycles. The molecule has 1 unspecified atom stereocenters. The third kappa shape index (κ3) is 4.20. The number of anilines is 1. The zero-order valence-electron chi connectivity index (χ0n) is 15.0. The first-order valence-electron chi connectivity index (χ1n) is 8.62. The van der Waals surface area contributed by atoms with Gasteiger partial charge in [-0.3, -0.25) is 10.1 Å². The van der Waals surface area contributed by atoms with Crippen molar-refractivity contribution in [2.45, 2.75) is 23.1 Å². The van der Waals surface area contributed by atoms with E-state index in [2.05, 4.69) is 15.5 Å². The van der Waals surface area contributed by atoms with Crippen molar-refractivity contribution >= 4 is 68.1 Å². The van der Waals surface area contributed by atoms with Crippen LogP contribution in [0.1, 0.15) is 12.8 Å². The maximum atomic E-state index is 12.9. The number of carbonyl (C=O) groups is 1. The fourth-order valence-electron chi connectivity index (χ4n) is 3.07. The van der Waals surface area contributed by atoms with Crippen LogP contribution in [-0.2, 0) is 14.8 Å². The summed E-state index contributed by atoms with van der Waals surface area (Å²) in [4.78, 5) is 12.8. The van der Waals surface area contributed by atoms with E-state index in [1.54, 1.807) is 18.2 Å². The van der Waals surface area contributed by atoms with Crippen LogP contribution >= 0.6 is 46.1 Å². The third-order valence-corrected chi connectivity index (χ3v) is 8.60. The summed E-state index contributed by atoms with van der Waals surface area (Å²) < 4.78 is 32.9. The van der Waals surface area contributed by atoms with E-state index in [1.165, 1.54) is 12.1 Å². The molecule has 0 spiro atoms. The lowest BCUT2D eigenvalue weighted by atomic mass is 10.2. The lowest BCUT2D eigenvalue weighted by molar-refractivity contribution is -0.119. The number of thiophene rings is 1. The van der Waals surface area contributed by atoms with Gasteiger partial charge in [0.1, 0.15) is 10.3 Å². The predicted molar refractivity (Wildman–Crippen MR) is 115 cm³/mol. The molecule has 0 aliphatic carbocycles. The molecule has 0 bridgehead atoms. The lowest BCUT2D eigenvalue weighted by Gasteiger charge is -2.21. The Hall–Kier alpha value is -1.69. The third-order valence-electron chi connectivity index (χ3n) is 4.43. The van der Waals surface area contributed by atoms with Gasteiger partial charge in [-0.15, -0.1) is 16.4 Å². The molecule has 1 saturated heterocycles. The number of aromatic nitrogens is 2. The van der Waals surface area contributed by atoms with E-state index < -0.39 is 22.0 Å². The van der Waals surface area contributed by atoms with E-state index in [0.717, 1.165) is 15.6 Å². The highest BCUT2D eigenvalue weighted by molar-refractivity contribution is 7.91. The minimum Gasteiger partial charge on any atom is -0.403 e. The van der Waals surface area contributed by atoms with E-state index in [1.807, 2.05) is 0 Å². The maximum Gasteiger partial charge on any atom is 0.322 e. The first-order chi connectivity index (χ1) is 14.3. The maximum absolute atomic E-state index is 12.9. The quantitative estimate of drug-likeness (QED) is 0.543. The SMILES string of the molecule is O=C(Nc1nnc(-c2cc(Cl)ccc2Cl)o1)C1CCCN1S(=O)(=O)c1ccc(Cl)s1. The topological polar surface area (TPSA) is 105 Å². The van der Waals surface area contributed by atoms with Crippen molar-refractivity contribution in [1.82, 2.24) is 14.5 Å². The second-order valence-corrected chi connectivity index (χ2v) is 11.0. The summed E-state index contributed by atoms with van der Waals surface area (Å²) in [5.74, 6) is -0.493. The number of rotatable bonds is 5. The van der Waals surface area contributed by atoms with Crippen molar-refractivity contribution in [3.8, 4) is 11.5 Å². The Balaban J connectivity index is 1.53. The van der Waals surface area contributed by atoms with Gasteiger partial charge in [-0.25, -0.2) is 8.42 Å². The zero-order valence-corrected chi connectivity index (χ0v) is 18.9. The highest BCUT2D eigenvalue weighted by Crippen LogP contribution is 2.33. The molecule has 3 heterocycles. The number of hydrogen-bond acceptors (Lipinski definition) is 7. The van der Waals surface area contributed by atoms with Crippen LogP contribution < -0.4 is 5.32 Å². The normalized spacial score (nSPS) is 17.4. The van der Waals surface area contributed by atoms with Gasteiger partial charge in [0.15, 0.2) is 0 Å². The van der Waals surface area contributed by atoms with Gasteiger partial charge in [0.2, 0.25) is 5.91 Å². The van der Waals surface area contributed by atoms with Crippen LogP contribution in [0.25, 0.3) is 11.5 Å². The van der Waals surface area contributed by atoms with Crippen LogP contribution in [0.4, 0.5) is 6.01 Å². The average molecular weight is 508 g/mol. The summed E-state index contributed by atoms with van der Waals surface area (Å²) >= 11 is 18.9. The highest BCUT2D eigenvalue weighted by Gasteiger charge is 2.40. The number of nitrogens with zero attached hydrogens (tertiary/aromatic N) is 3. The molecular weight excluding hydrogens is 495 g/mol. The molecule has 1 atom stereocenters. The molecule has 3 aromatic rings. The molecule has 2 aromatic heterocycles. The Morgan fingerprint density at radius 1 is 1.20 bits per heavy atom. The molecule has 8 nitrogen and oxygen atoms in total. The second kappa shape index (κ2) is 8.45. The van der Waals surface area contributed by atoms with Crippen LogP contribution in [0, 0.1) is 0 Å². The molecule has 1 aromatic carbocycles. The molecule has 1 aliphatic rings. The molecular formula is C17H13Cl3N4O4S2. The summed E-state index contributed by atoms with van der Waals surface area (Å²) in [5.41, 5.74) is 0.414. The monoisotopic (exact) mass is 506 g/mol. The van der Waals surface area contributed by atoms with Crippen molar-refractivity contribution in [1.29, 1.82) is 0 Å². The second-order valence-electron chi connectivity index (χ2n) is 6.36. The molecule has 1 N–H and O–H groups in total. The van der Waals surface area contributed by atoms with E-state index in [4.69, 9.17) is 39.2 Å². The average Bonchev–Trinajstić information content (AvgIpc) is 3.44. The van der Waals surface area contributed by atoms with Crippen LogP contribution in [-0.4, -0.2) is 41.4 Å². The smallest absolute Gasteiger partial charge is 0.322 e. The first-order valence-corrected chi connectivity index (χ1v) is 12.0. The number of sulfonamides is 1. The van der Waals surface area contributed by atoms with Crippen molar-refractivity contribution in [3.63, 3.8) is 0 Å². The van der Waals surface area contributed by atoms with Gasteiger partial charge in [0.25, 0.3) is 15.9 Å². The van der Waals surface area contributed by atoms with Crippen LogP contribution in [0.5, 0.6) is 0 Å². The molecule has 1 fully saturated rings. The minimum atomic E-state index is -3.84. The predicted octanol–water partition coefficient (Wildman–Crippen LogP) is 4.55. The van der Waals surface area contributed by atoms with Crippen molar-refractivity contribution in [3.05, 3.63) is 44.7 Å². The standard InChI is InChI=1S/C17H13Cl3N4O4S2/c18-9-3-4-11(19)10(8-9)16-22-23-17(28-16)21-15(25)12-2-1-7-24(12)30(26,27)14-6-5-13(20)29-14/h3-6,8,12H,1-2,7H2,(H,21,23,25). The van der Waals surface area contributed by atoms with Gasteiger partial charge in [-0.1, -0.05) is 39.9 Å². The van der Waals surface area contributed by atoms with E-state index in [-0.39, 0.29) is 22.7 Å². The summed E-state index contributed by atoms with van der Waals surface area (Å²) in [6, 6.07) is 6.61. The van der Waals surface area contributed by atoms with Gasteiger partial charge in [-0.05, 0) is 43.2 Å². The highest BCUT2D eigenvalue weighted by atomic mass is 35.5.